The number of esters is 1. The molecule has 0 aromatic carbocycles. The molecule has 2 heterocycles. The van der Waals surface area contributed by atoms with E-state index in [2.05, 4.69) is 54.5 Å². The van der Waals surface area contributed by atoms with E-state index in [4.69, 9.17) is 18.9 Å². The van der Waals surface area contributed by atoms with E-state index in [1.54, 1.807) is 0 Å². The van der Waals surface area contributed by atoms with Crippen LogP contribution in [-0.4, -0.2) is 127 Å². The van der Waals surface area contributed by atoms with Crippen LogP contribution in [-0.2, 0) is 28.5 Å². The Bertz CT molecular complexity index is 1560. The van der Waals surface area contributed by atoms with Crippen molar-refractivity contribution in [1.82, 2.24) is 0 Å². The highest BCUT2D eigenvalue weighted by Gasteiger charge is 2.70. The molecular formula is C42H66O14. The van der Waals surface area contributed by atoms with Gasteiger partial charge in [0.15, 0.2) is 12.4 Å². The largest absolute Gasteiger partial charge is 0.479 e. The number of aliphatic carboxylic acids is 1. The SMILES string of the molecule is CC1(C)CC[C@]2(C(=O)O[C@@H]3O[C@H](CO)[C@@H](O)[C@H](O)[C@H]3O)CC[C@]3(C)C(=CC[C@@H]4[C@]5(C)CC[C@@H](O[C@@H]6O[C@H](C(=O)O)[C@@H](O)[C@H](O)[C@H]6O)C(C)(C)[C@H]5CC[C@]43C)[C@H]2C1. The smallest absolute Gasteiger partial charge is 0.335 e. The summed E-state index contributed by atoms with van der Waals surface area (Å²) >= 11 is 0. The third-order valence-electron chi connectivity index (χ3n) is 17.2. The van der Waals surface area contributed by atoms with Gasteiger partial charge < -0.3 is 59.8 Å². The molecule has 0 unspecified atom stereocenters. The minimum Gasteiger partial charge on any atom is -0.479 e. The first-order chi connectivity index (χ1) is 26.0. The van der Waals surface area contributed by atoms with Gasteiger partial charge in [-0.25, -0.2) is 4.79 Å². The molecule has 8 N–H and O–H groups in total. The highest BCUT2D eigenvalue weighted by Crippen LogP contribution is 2.76. The van der Waals surface area contributed by atoms with Crippen molar-refractivity contribution in [2.45, 2.75) is 180 Å². The topological polar surface area (TPSA) is 233 Å². The number of hydrogen-bond donors (Lipinski definition) is 8. The summed E-state index contributed by atoms with van der Waals surface area (Å²) in [7, 11) is 0. The summed E-state index contributed by atoms with van der Waals surface area (Å²) in [5, 5.41) is 82.4. The van der Waals surface area contributed by atoms with E-state index < -0.39 is 96.9 Å². The summed E-state index contributed by atoms with van der Waals surface area (Å²) in [4.78, 5) is 26.4. The maximum absolute atomic E-state index is 14.6. The van der Waals surface area contributed by atoms with Crippen molar-refractivity contribution in [2.75, 3.05) is 6.61 Å². The summed E-state index contributed by atoms with van der Waals surface area (Å²) in [5.41, 5.74) is -0.448. The van der Waals surface area contributed by atoms with Crippen LogP contribution in [0.3, 0.4) is 0 Å². The average molecular weight is 795 g/mol. The van der Waals surface area contributed by atoms with Crippen LogP contribution in [0.25, 0.3) is 0 Å². The van der Waals surface area contributed by atoms with Gasteiger partial charge in [-0.15, -0.1) is 0 Å². The van der Waals surface area contributed by atoms with Crippen molar-refractivity contribution in [3.8, 4) is 0 Å². The van der Waals surface area contributed by atoms with Gasteiger partial charge in [-0.05, 0) is 109 Å². The molecule has 5 aliphatic carbocycles. The first kappa shape index (κ1) is 42.4. The lowest BCUT2D eigenvalue weighted by Crippen LogP contribution is -2.66. The van der Waals surface area contributed by atoms with Crippen LogP contribution in [0, 0.1) is 50.2 Å². The molecule has 0 spiro atoms. The normalized spacial score (nSPS) is 52.3. The first-order valence-electron chi connectivity index (χ1n) is 20.8. The van der Waals surface area contributed by atoms with Crippen LogP contribution in [0.5, 0.6) is 0 Å². The molecular weight excluding hydrogens is 728 g/mol. The number of carboxylic acid groups (broad SMARTS) is 1. The lowest BCUT2D eigenvalue weighted by atomic mass is 9.33. The molecule has 2 saturated heterocycles. The zero-order valence-electron chi connectivity index (χ0n) is 34.0. The summed E-state index contributed by atoms with van der Waals surface area (Å²) < 4.78 is 23.5. The van der Waals surface area contributed by atoms with Crippen molar-refractivity contribution in [3.05, 3.63) is 11.6 Å². The van der Waals surface area contributed by atoms with Crippen molar-refractivity contribution < 1.29 is 69.4 Å². The Morgan fingerprint density at radius 3 is 2.05 bits per heavy atom. The fraction of sp³-hybridized carbons (Fsp3) is 0.905. The predicted molar refractivity (Wildman–Crippen MR) is 198 cm³/mol. The maximum Gasteiger partial charge on any atom is 0.335 e. The lowest BCUT2D eigenvalue weighted by Gasteiger charge is -2.71. The summed E-state index contributed by atoms with van der Waals surface area (Å²) in [5.74, 6) is -1.52. The van der Waals surface area contributed by atoms with Crippen molar-refractivity contribution in [2.24, 2.45) is 50.2 Å². The van der Waals surface area contributed by atoms with Crippen LogP contribution in [0.15, 0.2) is 11.6 Å². The van der Waals surface area contributed by atoms with Gasteiger partial charge in [0.25, 0.3) is 0 Å². The average Bonchev–Trinajstić information content (AvgIpc) is 3.12. The van der Waals surface area contributed by atoms with Crippen LogP contribution in [0.1, 0.15) is 113 Å². The molecule has 318 valence electrons. The summed E-state index contributed by atoms with van der Waals surface area (Å²) in [6.07, 6.45) is -6.14. The number of rotatable bonds is 6. The number of carbonyl (C=O) groups excluding carboxylic acids is 1. The molecule has 0 bridgehead atoms. The molecule has 2 aliphatic heterocycles. The van der Waals surface area contributed by atoms with Crippen LogP contribution in [0.2, 0.25) is 0 Å². The number of carboxylic acids is 1. The number of ether oxygens (including phenoxy) is 4. The molecule has 0 radical (unpaired) electrons. The van der Waals surface area contributed by atoms with Crippen molar-refractivity contribution in [3.63, 3.8) is 0 Å². The van der Waals surface area contributed by atoms with E-state index in [1.165, 1.54) is 5.57 Å². The standard InChI is InChI=1S/C42H66O14/c1-37(2)14-16-42(36(52)56-34-30(48)27(45)26(44)22(19-43)53-34)17-15-40(6)20(21(42)18-37)8-9-24-39(5)12-11-25(38(3,4)23(39)10-13-41(24,40)7)54-35-31(49)28(46)29(47)32(55-35)33(50)51/h8,21-32,34-35,43-49H,9-19H2,1-7H3,(H,50,51)/t21-,22-,23-,24-,25-,26-,27+,28+,29+,30-,31-,32+,34+,35-,39-,40-,41-,42+/m1/s1. The van der Waals surface area contributed by atoms with Crippen molar-refractivity contribution in [1.29, 1.82) is 0 Å². The Kier molecular flexibility index (Phi) is 10.8. The molecule has 14 nitrogen and oxygen atoms in total. The molecule has 4 saturated carbocycles. The molecule has 0 aromatic heterocycles. The van der Waals surface area contributed by atoms with Gasteiger partial charge >= 0.3 is 11.9 Å². The van der Waals surface area contributed by atoms with Gasteiger partial charge in [-0.1, -0.05) is 60.1 Å². The molecule has 56 heavy (non-hydrogen) atoms. The van der Waals surface area contributed by atoms with E-state index in [0.29, 0.717) is 25.2 Å². The number of hydrogen-bond acceptors (Lipinski definition) is 13. The van der Waals surface area contributed by atoms with Gasteiger partial charge in [0, 0.05) is 0 Å². The van der Waals surface area contributed by atoms with Gasteiger partial charge in [0.1, 0.15) is 42.7 Å². The molecule has 14 heteroatoms. The predicted octanol–water partition coefficient (Wildman–Crippen LogP) is 2.41. The number of fused-ring (bicyclic) bond motifs is 7. The Balaban J connectivity index is 1.16. The Morgan fingerprint density at radius 2 is 1.39 bits per heavy atom. The Morgan fingerprint density at radius 1 is 0.750 bits per heavy atom. The molecule has 18 atom stereocenters. The van der Waals surface area contributed by atoms with E-state index in [0.717, 1.165) is 44.9 Å². The van der Waals surface area contributed by atoms with Crippen LogP contribution >= 0.6 is 0 Å². The third kappa shape index (κ3) is 6.17. The highest BCUT2D eigenvalue weighted by molar-refractivity contribution is 5.79. The van der Waals surface area contributed by atoms with E-state index in [1.807, 2.05) is 0 Å². The molecule has 0 amide bonds. The second-order valence-corrected chi connectivity index (χ2v) is 20.7. The Labute approximate surface area is 329 Å². The van der Waals surface area contributed by atoms with Gasteiger partial charge in [0.05, 0.1) is 18.1 Å². The van der Waals surface area contributed by atoms with Crippen LogP contribution < -0.4 is 0 Å². The second-order valence-electron chi connectivity index (χ2n) is 20.7. The monoisotopic (exact) mass is 794 g/mol. The second kappa shape index (κ2) is 14.2. The fourth-order valence-electron chi connectivity index (χ4n) is 13.5. The van der Waals surface area contributed by atoms with Gasteiger partial charge in [0.2, 0.25) is 6.29 Å². The number of aliphatic hydroxyl groups is 7. The first-order valence-corrected chi connectivity index (χ1v) is 20.8. The number of aliphatic hydroxyl groups excluding tert-OH is 7. The maximum atomic E-state index is 14.6. The van der Waals surface area contributed by atoms with Gasteiger partial charge in [-0.2, -0.15) is 0 Å². The number of allylic oxidation sites excluding steroid dienone is 2. The third-order valence-corrected chi connectivity index (χ3v) is 17.2. The number of carbonyl (C=O) groups is 2. The summed E-state index contributed by atoms with van der Waals surface area (Å²) in [6, 6.07) is 0. The van der Waals surface area contributed by atoms with E-state index in [-0.39, 0.29) is 33.5 Å². The molecule has 0 aromatic rings. The minimum absolute atomic E-state index is 0.0330. The highest BCUT2D eigenvalue weighted by atomic mass is 16.7. The zero-order valence-corrected chi connectivity index (χ0v) is 34.0. The van der Waals surface area contributed by atoms with Crippen molar-refractivity contribution >= 4 is 11.9 Å². The molecule has 7 rings (SSSR count). The Hall–Kier alpha value is -1.72. The van der Waals surface area contributed by atoms with E-state index >= 15 is 0 Å². The fourth-order valence-corrected chi connectivity index (χ4v) is 13.5. The quantitative estimate of drug-likeness (QED) is 0.110. The van der Waals surface area contributed by atoms with E-state index in [9.17, 15) is 50.4 Å². The summed E-state index contributed by atoms with van der Waals surface area (Å²) in [6.45, 7) is 15.5. The zero-order chi connectivity index (χ0) is 41.1. The minimum atomic E-state index is -1.79. The van der Waals surface area contributed by atoms with Crippen LogP contribution in [0.4, 0.5) is 0 Å². The lowest BCUT2D eigenvalue weighted by molar-refractivity contribution is -0.324. The molecule has 7 aliphatic rings. The van der Waals surface area contributed by atoms with Gasteiger partial charge in [-0.3, -0.25) is 4.79 Å². The molecule has 6 fully saturated rings.